The normalized spacial score (nSPS) is 17.1. The number of hydrogen-bond donors (Lipinski definition) is 2. The van der Waals surface area contributed by atoms with E-state index in [0.29, 0.717) is 28.6 Å². The van der Waals surface area contributed by atoms with Crippen LogP contribution < -0.4 is 9.64 Å². The fourth-order valence-electron chi connectivity index (χ4n) is 4.07. The summed E-state index contributed by atoms with van der Waals surface area (Å²) in [5, 5.41) is 21.6. The second-order valence-electron chi connectivity index (χ2n) is 7.98. The lowest BCUT2D eigenvalue weighted by atomic mass is 9.95. The molecule has 3 aromatic carbocycles. The van der Waals surface area contributed by atoms with Gasteiger partial charge in [-0.05, 0) is 66.9 Å². The van der Waals surface area contributed by atoms with Crippen LogP contribution in [0.4, 0.5) is 5.69 Å². The first-order chi connectivity index (χ1) is 16.8. The SMILES string of the molecule is CCOc1cc(/C(O)=C2/C(=O)C(=O)N(c3ccc(CC)cc3)C2c2ccc(O)c(Cl)c2)ccc1Cl. The van der Waals surface area contributed by atoms with Crippen LogP contribution in [-0.4, -0.2) is 28.5 Å². The van der Waals surface area contributed by atoms with Crippen LogP contribution in [-0.2, 0) is 16.0 Å². The van der Waals surface area contributed by atoms with E-state index in [-0.39, 0.29) is 27.7 Å². The summed E-state index contributed by atoms with van der Waals surface area (Å²) in [4.78, 5) is 27.9. The van der Waals surface area contributed by atoms with E-state index in [0.717, 1.165) is 12.0 Å². The van der Waals surface area contributed by atoms with Gasteiger partial charge in [-0.25, -0.2) is 0 Å². The van der Waals surface area contributed by atoms with Crippen molar-refractivity contribution in [1.29, 1.82) is 0 Å². The molecular formula is C27H23Cl2NO5. The van der Waals surface area contributed by atoms with Gasteiger partial charge in [0, 0.05) is 11.3 Å². The van der Waals surface area contributed by atoms with E-state index < -0.39 is 17.7 Å². The number of rotatable bonds is 6. The molecule has 1 unspecified atom stereocenters. The highest BCUT2D eigenvalue weighted by molar-refractivity contribution is 6.51. The number of carbonyl (C=O) groups is 2. The van der Waals surface area contributed by atoms with Crippen LogP contribution in [0.5, 0.6) is 11.5 Å². The van der Waals surface area contributed by atoms with Crippen LogP contribution in [0.25, 0.3) is 5.76 Å². The second-order valence-corrected chi connectivity index (χ2v) is 8.79. The van der Waals surface area contributed by atoms with Gasteiger partial charge >= 0.3 is 0 Å². The molecule has 8 heteroatoms. The minimum Gasteiger partial charge on any atom is -0.507 e. The van der Waals surface area contributed by atoms with Gasteiger partial charge in [0.1, 0.15) is 17.3 Å². The molecule has 1 aliphatic rings. The van der Waals surface area contributed by atoms with Gasteiger partial charge in [0.2, 0.25) is 0 Å². The summed E-state index contributed by atoms with van der Waals surface area (Å²) in [7, 11) is 0. The Morgan fingerprint density at radius 1 is 0.971 bits per heavy atom. The number of aryl methyl sites for hydroxylation is 1. The third-order valence-electron chi connectivity index (χ3n) is 5.86. The molecule has 0 spiro atoms. The van der Waals surface area contributed by atoms with E-state index in [1.54, 1.807) is 37.3 Å². The number of phenols is 1. The molecule has 0 aliphatic carbocycles. The van der Waals surface area contributed by atoms with Crippen LogP contribution in [0, 0.1) is 0 Å². The number of aromatic hydroxyl groups is 1. The molecule has 1 saturated heterocycles. The molecule has 1 atom stereocenters. The maximum atomic E-state index is 13.3. The number of Topliss-reactive ketones (excluding diaryl/α,β-unsaturated/α-hetero) is 1. The van der Waals surface area contributed by atoms with Crippen molar-refractivity contribution in [2.45, 2.75) is 26.3 Å². The smallest absolute Gasteiger partial charge is 0.300 e. The third-order valence-corrected chi connectivity index (χ3v) is 6.47. The number of ether oxygens (including phenoxy) is 1. The molecule has 0 bridgehead atoms. The fraction of sp³-hybridized carbons (Fsp3) is 0.185. The Kier molecular flexibility index (Phi) is 7.05. The molecule has 0 aromatic heterocycles. The molecule has 1 fully saturated rings. The van der Waals surface area contributed by atoms with Crippen molar-refractivity contribution >= 4 is 46.3 Å². The van der Waals surface area contributed by atoms with E-state index in [4.69, 9.17) is 27.9 Å². The molecule has 2 N–H and O–H groups in total. The number of halogens is 2. The van der Waals surface area contributed by atoms with Crippen LogP contribution in [0.3, 0.4) is 0 Å². The van der Waals surface area contributed by atoms with Crippen molar-refractivity contribution in [2.24, 2.45) is 0 Å². The van der Waals surface area contributed by atoms with E-state index in [9.17, 15) is 19.8 Å². The first-order valence-electron chi connectivity index (χ1n) is 11.1. The Morgan fingerprint density at radius 2 is 1.69 bits per heavy atom. The third kappa shape index (κ3) is 4.59. The summed E-state index contributed by atoms with van der Waals surface area (Å²) in [5.41, 5.74) is 2.17. The van der Waals surface area contributed by atoms with Crippen molar-refractivity contribution < 1.29 is 24.5 Å². The minimum absolute atomic E-state index is 0.0551. The molecule has 180 valence electrons. The van der Waals surface area contributed by atoms with Gasteiger partial charge in [-0.15, -0.1) is 0 Å². The zero-order valence-electron chi connectivity index (χ0n) is 19.1. The standard InChI is InChI=1S/C27H23Cl2NO5/c1-3-15-5-9-18(10-6-15)30-24(16-8-12-21(31)20(29)13-16)23(26(33)27(30)34)25(32)17-7-11-19(28)22(14-17)35-4-2/h5-14,24,31-32H,3-4H2,1-2H3/b25-23-. The molecule has 6 nitrogen and oxygen atoms in total. The van der Waals surface area contributed by atoms with Gasteiger partial charge in [0.05, 0.1) is 28.3 Å². The number of aliphatic hydroxyl groups excluding tert-OH is 1. The van der Waals surface area contributed by atoms with E-state index in [1.165, 1.54) is 23.1 Å². The average molecular weight is 512 g/mol. The van der Waals surface area contributed by atoms with Gasteiger partial charge in [0.25, 0.3) is 11.7 Å². The van der Waals surface area contributed by atoms with Crippen molar-refractivity contribution in [3.8, 4) is 11.5 Å². The first-order valence-corrected chi connectivity index (χ1v) is 11.8. The van der Waals surface area contributed by atoms with Gasteiger partial charge < -0.3 is 14.9 Å². The van der Waals surface area contributed by atoms with E-state index >= 15 is 0 Å². The second kappa shape index (κ2) is 10.0. The Hall–Kier alpha value is -3.48. The zero-order valence-corrected chi connectivity index (χ0v) is 20.6. The van der Waals surface area contributed by atoms with E-state index in [1.807, 2.05) is 19.1 Å². The zero-order chi connectivity index (χ0) is 25.3. The average Bonchev–Trinajstić information content (AvgIpc) is 3.12. The van der Waals surface area contributed by atoms with Crippen molar-refractivity contribution in [3.05, 3.63) is 93.0 Å². The molecule has 1 amide bonds. The number of nitrogens with zero attached hydrogens (tertiary/aromatic N) is 1. The highest BCUT2D eigenvalue weighted by atomic mass is 35.5. The lowest BCUT2D eigenvalue weighted by molar-refractivity contribution is -0.132. The molecule has 3 aromatic rings. The highest BCUT2D eigenvalue weighted by Gasteiger charge is 2.47. The first kappa shape index (κ1) is 24.6. The fourth-order valence-corrected chi connectivity index (χ4v) is 4.43. The summed E-state index contributed by atoms with van der Waals surface area (Å²) >= 11 is 12.4. The Balaban J connectivity index is 1.93. The summed E-state index contributed by atoms with van der Waals surface area (Å²) in [6.07, 6.45) is 0.814. The molecule has 1 aliphatic heterocycles. The van der Waals surface area contributed by atoms with Gasteiger partial charge in [0.15, 0.2) is 0 Å². The Labute approximate surface area is 213 Å². The molecule has 35 heavy (non-hydrogen) atoms. The number of phenolic OH excluding ortho intramolecular Hbond substituents is 1. The van der Waals surface area contributed by atoms with Gasteiger partial charge in [-0.2, -0.15) is 0 Å². The molecular weight excluding hydrogens is 489 g/mol. The lowest BCUT2D eigenvalue weighted by Gasteiger charge is -2.26. The maximum Gasteiger partial charge on any atom is 0.300 e. The number of anilines is 1. The largest absolute Gasteiger partial charge is 0.507 e. The highest BCUT2D eigenvalue weighted by Crippen LogP contribution is 2.44. The molecule has 0 saturated carbocycles. The Morgan fingerprint density at radius 3 is 2.31 bits per heavy atom. The predicted molar refractivity (Wildman–Crippen MR) is 136 cm³/mol. The van der Waals surface area contributed by atoms with Crippen LogP contribution in [0.15, 0.2) is 66.2 Å². The lowest BCUT2D eigenvalue weighted by Crippen LogP contribution is -2.29. The van der Waals surface area contributed by atoms with Gasteiger partial charge in [-0.1, -0.05) is 48.3 Å². The van der Waals surface area contributed by atoms with Crippen LogP contribution >= 0.6 is 23.2 Å². The monoisotopic (exact) mass is 511 g/mol. The summed E-state index contributed by atoms with van der Waals surface area (Å²) in [6, 6.07) is 15.3. The van der Waals surface area contributed by atoms with Gasteiger partial charge in [-0.3, -0.25) is 14.5 Å². The molecule has 1 heterocycles. The van der Waals surface area contributed by atoms with Crippen molar-refractivity contribution in [1.82, 2.24) is 0 Å². The number of benzene rings is 3. The number of amides is 1. The van der Waals surface area contributed by atoms with Crippen molar-refractivity contribution in [2.75, 3.05) is 11.5 Å². The molecule has 0 radical (unpaired) electrons. The number of hydrogen-bond acceptors (Lipinski definition) is 5. The maximum absolute atomic E-state index is 13.3. The molecule has 4 rings (SSSR count). The van der Waals surface area contributed by atoms with Crippen LogP contribution in [0.1, 0.15) is 36.6 Å². The minimum atomic E-state index is -0.980. The number of aliphatic hydroxyl groups is 1. The summed E-state index contributed by atoms with van der Waals surface area (Å²) in [6.45, 7) is 4.17. The topological polar surface area (TPSA) is 87.1 Å². The van der Waals surface area contributed by atoms with E-state index in [2.05, 4.69) is 0 Å². The number of carbonyl (C=O) groups excluding carboxylic acids is 2. The Bertz CT molecular complexity index is 1330. The summed E-state index contributed by atoms with van der Waals surface area (Å²) < 4.78 is 5.52. The quantitative estimate of drug-likeness (QED) is 0.230. The van der Waals surface area contributed by atoms with Crippen LogP contribution in [0.2, 0.25) is 10.0 Å². The van der Waals surface area contributed by atoms with Crippen molar-refractivity contribution in [3.63, 3.8) is 0 Å². The predicted octanol–water partition coefficient (Wildman–Crippen LogP) is 6.29. The summed E-state index contributed by atoms with van der Waals surface area (Å²) in [5.74, 6) is -1.80. The number of ketones is 1.